The van der Waals surface area contributed by atoms with E-state index in [4.69, 9.17) is 15.1 Å². The fourth-order valence-corrected chi connectivity index (χ4v) is 2.40. The smallest absolute Gasteiger partial charge is 0.405 e. The number of carbonyl (C=O) groups is 2. The highest BCUT2D eigenvalue weighted by Crippen LogP contribution is 2.23. The molecule has 0 saturated carbocycles. The zero-order chi connectivity index (χ0) is 19.1. The summed E-state index contributed by atoms with van der Waals surface area (Å²) in [6, 6.07) is 14.9. The van der Waals surface area contributed by atoms with Crippen molar-refractivity contribution in [2.75, 3.05) is 14.1 Å². The molecule has 2 aromatic rings. The number of benzene rings is 2. The maximum Gasteiger partial charge on any atom is 0.405 e. The van der Waals surface area contributed by atoms with Gasteiger partial charge in [-0.3, -0.25) is 4.79 Å². The van der Waals surface area contributed by atoms with Gasteiger partial charge in [0, 0.05) is 20.5 Å². The highest BCUT2D eigenvalue weighted by molar-refractivity contribution is 5.85. The first kappa shape index (κ1) is 18.8. The summed E-state index contributed by atoms with van der Waals surface area (Å²) in [4.78, 5) is 24.5. The first-order chi connectivity index (χ1) is 12.4. The SMILES string of the molecule is CN(C)C(=O)C(Cc1cccc(Oc2cccc(C#N)c2)c1)NC(=O)O. The van der Waals surface area contributed by atoms with Crippen LogP contribution >= 0.6 is 0 Å². The fourth-order valence-electron chi connectivity index (χ4n) is 2.40. The molecule has 0 heterocycles. The third kappa shape index (κ3) is 5.24. The minimum atomic E-state index is -1.26. The van der Waals surface area contributed by atoms with Gasteiger partial charge in [0.1, 0.15) is 17.5 Å². The van der Waals surface area contributed by atoms with E-state index >= 15 is 0 Å². The third-order valence-corrected chi connectivity index (χ3v) is 3.57. The molecule has 0 saturated heterocycles. The van der Waals surface area contributed by atoms with Crippen molar-refractivity contribution in [1.82, 2.24) is 10.2 Å². The second-order valence-electron chi connectivity index (χ2n) is 5.83. The largest absolute Gasteiger partial charge is 0.465 e. The normalized spacial score (nSPS) is 11.1. The molecule has 26 heavy (non-hydrogen) atoms. The van der Waals surface area contributed by atoms with Crippen LogP contribution in [0.5, 0.6) is 11.5 Å². The summed E-state index contributed by atoms with van der Waals surface area (Å²) in [5, 5.41) is 20.1. The Morgan fingerprint density at radius 2 is 1.85 bits per heavy atom. The third-order valence-electron chi connectivity index (χ3n) is 3.57. The van der Waals surface area contributed by atoms with E-state index in [1.807, 2.05) is 6.07 Å². The quantitative estimate of drug-likeness (QED) is 0.831. The summed E-state index contributed by atoms with van der Waals surface area (Å²) in [6.07, 6.45) is -1.07. The van der Waals surface area contributed by atoms with Crippen LogP contribution in [0.1, 0.15) is 11.1 Å². The van der Waals surface area contributed by atoms with Gasteiger partial charge in [0.25, 0.3) is 0 Å². The molecule has 0 aliphatic heterocycles. The fraction of sp³-hybridized carbons (Fsp3) is 0.211. The second-order valence-corrected chi connectivity index (χ2v) is 5.83. The van der Waals surface area contributed by atoms with E-state index in [0.29, 0.717) is 17.1 Å². The number of rotatable bonds is 6. The molecule has 2 aromatic carbocycles. The number of amides is 2. The number of hydrogen-bond acceptors (Lipinski definition) is 4. The molecule has 0 fully saturated rings. The van der Waals surface area contributed by atoms with Gasteiger partial charge in [-0.05, 0) is 35.9 Å². The number of nitrogens with one attached hydrogen (secondary N) is 1. The number of ether oxygens (including phenoxy) is 1. The van der Waals surface area contributed by atoms with Crippen molar-refractivity contribution in [2.45, 2.75) is 12.5 Å². The second kappa shape index (κ2) is 8.53. The lowest BCUT2D eigenvalue weighted by Gasteiger charge is -2.20. The lowest BCUT2D eigenvalue weighted by molar-refractivity contribution is -0.130. The molecular formula is C19H19N3O4. The van der Waals surface area contributed by atoms with Gasteiger partial charge >= 0.3 is 6.09 Å². The van der Waals surface area contributed by atoms with Crippen molar-refractivity contribution in [3.05, 3.63) is 59.7 Å². The van der Waals surface area contributed by atoms with Gasteiger partial charge in [-0.25, -0.2) is 4.79 Å². The number of carboxylic acid groups (broad SMARTS) is 1. The van der Waals surface area contributed by atoms with Crippen molar-refractivity contribution in [3.8, 4) is 17.6 Å². The standard InChI is InChI=1S/C19H19N3O4/c1-22(2)18(23)17(21-19(24)25)11-13-5-3-7-15(9-13)26-16-8-4-6-14(10-16)12-20/h3-10,17,21H,11H2,1-2H3,(H,24,25). The average Bonchev–Trinajstić information content (AvgIpc) is 2.60. The van der Waals surface area contributed by atoms with Crippen LogP contribution in [-0.4, -0.2) is 42.1 Å². The van der Waals surface area contributed by atoms with Gasteiger partial charge < -0.3 is 20.1 Å². The van der Waals surface area contributed by atoms with Crippen LogP contribution in [0.4, 0.5) is 4.79 Å². The Balaban J connectivity index is 2.17. The Hall–Kier alpha value is -3.53. The topological polar surface area (TPSA) is 103 Å². The highest BCUT2D eigenvalue weighted by atomic mass is 16.5. The van der Waals surface area contributed by atoms with Crippen molar-refractivity contribution in [2.24, 2.45) is 0 Å². The monoisotopic (exact) mass is 353 g/mol. The molecule has 2 amide bonds. The van der Waals surface area contributed by atoms with E-state index in [1.165, 1.54) is 4.90 Å². The van der Waals surface area contributed by atoms with E-state index in [0.717, 1.165) is 5.56 Å². The van der Waals surface area contributed by atoms with Gasteiger partial charge in [0.05, 0.1) is 11.6 Å². The Bertz CT molecular complexity index is 843. The molecule has 1 unspecified atom stereocenters. The van der Waals surface area contributed by atoms with Gasteiger partial charge in [0.2, 0.25) is 5.91 Å². The lowest BCUT2D eigenvalue weighted by Crippen LogP contribution is -2.47. The van der Waals surface area contributed by atoms with Crippen LogP contribution in [0.3, 0.4) is 0 Å². The first-order valence-corrected chi connectivity index (χ1v) is 7.86. The summed E-state index contributed by atoms with van der Waals surface area (Å²) >= 11 is 0. The summed E-state index contributed by atoms with van der Waals surface area (Å²) in [6.45, 7) is 0. The molecule has 2 rings (SSSR count). The molecule has 0 aliphatic rings. The van der Waals surface area contributed by atoms with Crippen LogP contribution < -0.4 is 10.1 Å². The Kier molecular flexibility index (Phi) is 6.17. The molecule has 7 heteroatoms. The van der Waals surface area contributed by atoms with Crippen molar-refractivity contribution in [1.29, 1.82) is 5.26 Å². The summed E-state index contributed by atoms with van der Waals surface area (Å²) < 4.78 is 5.75. The molecule has 134 valence electrons. The predicted octanol–water partition coefficient (Wildman–Crippen LogP) is 2.62. The number of nitriles is 1. The Labute approximate surface area is 151 Å². The minimum Gasteiger partial charge on any atom is -0.465 e. The number of nitrogens with zero attached hydrogens (tertiary/aromatic N) is 2. The van der Waals surface area contributed by atoms with Gasteiger partial charge in [-0.2, -0.15) is 5.26 Å². The first-order valence-electron chi connectivity index (χ1n) is 7.86. The van der Waals surface area contributed by atoms with Crippen molar-refractivity contribution >= 4 is 12.0 Å². The molecule has 0 radical (unpaired) electrons. The molecule has 2 N–H and O–H groups in total. The average molecular weight is 353 g/mol. The van der Waals surface area contributed by atoms with E-state index in [9.17, 15) is 9.59 Å². The number of likely N-dealkylation sites (N-methyl/N-ethyl adjacent to an activating group) is 1. The highest BCUT2D eigenvalue weighted by Gasteiger charge is 2.22. The van der Waals surface area contributed by atoms with E-state index in [1.54, 1.807) is 62.6 Å². The molecular weight excluding hydrogens is 334 g/mol. The van der Waals surface area contributed by atoms with E-state index < -0.39 is 12.1 Å². The summed E-state index contributed by atoms with van der Waals surface area (Å²) in [5.74, 6) is 0.718. The number of carbonyl (C=O) groups excluding carboxylic acids is 1. The molecule has 0 spiro atoms. The van der Waals surface area contributed by atoms with Gasteiger partial charge in [0.15, 0.2) is 0 Å². The van der Waals surface area contributed by atoms with Crippen LogP contribution in [0.15, 0.2) is 48.5 Å². The van der Waals surface area contributed by atoms with Crippen LogP contribution in [0.2, 0.25) is 0 Å². The lowest BCUT2D eigenvalue weighted by atomic mass is 10.0. The predicted molar refractivity (Wildman–Crippen MR) is 95.0 cm³/mol. The zero-order valence-electron chi connectivity index (χ0n) is 14.5. The molecule has 0 aromatic heterocycles. The van der Waals surface area contributed by atoms with Gasteiger partial charge in [-0.1, -0.05) is 18.2 Å². The summed E-state index contributed by atoms with van der Waals surface area (Å²) in [7, 11) is 3.14. The Morgan fingerprint density at radius 1 is 1.19 bits per heavy atom. The van der Waals surface area contributed by atoms with Gasteiger partial charge in [-0.15, -0.1) is 0 Å². The van der Waals surface area contributed by atoms with E-state index in [-0.39, 0.29) is 12.3 Å². The van der Waals surface area contributed by atoms with Crippen LogP contribution in [0.25, 0.3) is 0 Å². The molecule has 1 atom stereocenters. The maximum atomic E-state index is 12.2. The number of hydrogen-bond donors (Lipinski definition) is 2. The molecule has 0 aliphatic carbocycles. The summed E-state index contributed by atoms with van der Waals surface area (Å²) in [5.41, 5.74) is 1.23. The Morgan fingerprint density at radius 3 is 2.46 bits per heavy atom. The minimum absolute atomic E-state index is 0.193. The maximum absolute atomic E-state index is 12.2. The molecule has 7 nitrogen and oxygen atoms in total. The van der Waals surface area contributed by atoms with E-state index in [2.05, 4.69) is 5.32 Å². The van der Waals surface area contributed by atoms with Crippen molar-refractivity contribution < 1.29 is 19.4 Å². The molecule has 0 bridgehead atoms. The van der Waals surface area contributed by atoms with Crippen LogP contribution in [-0.2, 0) is 11.2 Å². The van der Waals surface area contributed by atoms with Crippen LogP contribution in [0, 0.1) is 11.3 Å². The zero-order valence-corrected chi connectivity index (χ0v) is 14.5. The van der Waals surface area contributed by atoms with Crippen molar-refractivity contribution in [3.63, 3.8) is 0 Å².